The molecule has 0 radical (unpaired) electrons. The van der Waals surface area contributed by atoms with Gasteiger partial charge in [-0.2, -0.15) is 0 Å². The maximum atomic E-state index is 12.9. The first kappa shape index (κ1) is 16.8. The molecular weight excluding hydrogens is 321 g/mol. The molecule has 1 unspecified atom stereocenters. The van der Waals surface area contributed by atoms with Crippen molar-refractivity contribution >= 4 is 5.91 Å². The quantitative estimate of drug-likeness (QED) is 0.717. The van der Waals surface area contributed by atoms with E-state index in [1.165, 1.54) is 12.1 Å². The van der Waals surface area contributed by atoms with Gasteiger partial charge in [-0.15, -0.1) is 5.10 Å². The van der Waals surface area contributed by atoms with E-state index in [4.69, 9.17) is 0 Å². The van der Waals surface area contributed by atoms with Crippen LogP contribution in [-0.2, 0) is 6.54 Å². The van der Waals surface area contributed by atoms with Crippen LogP contribution in [0.2, 0.25) is 0 Å². The first-order valence-electron chi connectivity index (χ1n) is 7.87. The number of benzene rings is 1. The number of halogens is 1. The number of nitrogens with zero attached hydrogens (tertiary/aromatic N) is 5. The fourth-order valence-electron chi connectivity index (χ4n) is 2.43. The van der Waals surface area contributed by atoms with E-state index in [1.807, 2.05) is 25.1 Å². The van der Waals surface area contributed by atoms with Crippen LogP contribution in [-0.4, -0.2) is 37.8 Å². The Bertz CT molecular complexity index is 847. The van der Waals surface area contributed by atoms with Crippen molar-refractivity contribution in [2.24, 2.45) is 0 Å². The molecule has 1 aromatic carbocycles. The average Bonchev–Trinajstić information content (AvgIpc) is 3.11. The van der Waals surface area contributed by atoms with Gasteiger partial charge in [-0.05, 0) is 36.8 Å². The Labute approximate surface area is 144 Å². The lowest BCUT2D eigenvalue weighted by Crippen LogP contribution is -2.30. The zero-order chi connectivity index (χ0) is 17.8. The molecule has 2 aromatic heterocycles. The molecule has 0 aliphatic heterocycles. The number of carbonyl (C=O) groups is 1. The van der Waals surface area contributed by atoms with Gasteiger partial charge in [0.05, 0.1) is 24.5 Å². The lowest BCUT2D eigenvalue weighted by molar-refractivity contribution is 0.0733. The van der Waals surface area contributed by atoms with E-state index in [1.54, 1.807) is 41.2 Å². The molecule has 0 spiro atoms. The third-order valence-corrected chi connectivity index (χ3v) is 4.03. The molecule has 1 amide bonds. The average molecular weight is 339 g/mol. The summed E-state index contributed by atoms with van der Waals surface area (Å²) in [6, 6.07) is 11.5. The van der Waals surface area contributed by atoms with Crippen LogP contribution in [0.3, 0.4) is 0 Å². The Hall–Kier alpha value is -3.09. The van der Waals surface area contributed by atoms with Gasteiger partial charge in [0.2, 0.25) is 0 Å². The van der Waals surface area contributed by atoms with E-state index in [0.717, 1.165) is 11.3 Å². The normalized spacial score (nSPS) is 12.0. The van der Waals surface area contributed by atoms with Gasteiger partial charge in [0, 0.05) is 13.2 Å². The number of aromatic nitrogens is 4. The zero-order valence-electron chi connectivity index (χ0n) is 14.0. The largest absolute Gasteiger partial charge is 0.332 e. The fraction of sp³-hybridized carbons (Fsp3) is 0.222. The second kappa shape index (κ2) is 7.21. The molecule has 0 aliphatic rings. The summed E-state index contributed by atoms with van der Waals surface area (Å²) < 4.78 is 14.5. The maximum absolute atomic E-state index is 12.9. The predicted octanol–water partition coefficient (Wildman–Crippen LogP) is 2.69. The molecular formula is C18H18FN5O. The lowest BCUT2D eigenvalue weighted by Gasteiger charge is -2.23. The van der Waals surface area contributed by atoms with Crippen LogP contribution in [0, 0.1) is 5.82 Å². The molecule has 2 heterocycles. The van der Waals surface area contributed by atoms with Crippen LogP contribution >= 0.6 is 0 Å². The minimum absolute atomic E-state index is 0.184. The summed E-state index contributed by atoms with van der Waals surface area (Å²) in [4.78, 5) is 18.5. The topological polar surface area (TPSA) is 63.9 Å². The Morgan fingerprint density at radius 2 is 2.00 bits per heavy atom. The Kier molecular flexibility index (Phi) is 4.83. The Balaban J connectivity index is 1.70. The first-order chi connectivity index (χ1) is 12.0. The van der Waals surface area contributed by atoms with Gasteiger partial charge < -0.3 is 4.90 Å². The highest BCUT2D eigenvalue weighted by molar-refractivity contribution is 5.92. The van der Waals surface area contributed by atoms with Crippen LogP contribution < -0.4 is 0 Å². The van der Waals surface area contributed by atoms with Crippen LogP contribution in [0.25, 0.3) is 0 Å². The molecule has 0 N–H and O–H groups in total. The van der Waals surface area contributed by atoms with E-state index >= 15 is 0 Å². The number of carbonyl (C=O) groups excluding carboxylic acids is 1. The smallest absolute Gasteiger partial charge is 0.276 e. The molecule has 3 rings (SSSR count). The van der Waals surface area contributed by atoms with E-state index in [-0.39, 0.29) is 23.5 Å². The van der Waals surface area contributed by atoms with Crippen molar-refractivity contribution in [3.05, 3.63) is 77.6 Å². The van der Waals surface area contributed by atoms with Gasteiger partial charge in [0.15, 0.2) is 5.69 Å². The SMILES string of the molecule is CC(c1ccccn1)N(C)C(=O)c1cn(Cc2ccc(F)cc2)nn1. The highest BCUT2D eigenvalue weighted by Crippen LogP contribution is 2.17. The number of pyridine rings is 1. The van der Waals surface area contributed by atoms with Gasteiger partial charge in [-0.1, -0.05) is 23.4 Å². The molecule has 0 fully saturated rings. The van der Waals surface area contributed by atoms with Crippen LogP contribution in [0.15, 0.2) is 54.9 Å². The van der Waals surface area contributed by atoms with Gasteiger partial charge in [0.1, 0.15) is 5.82 Å². The molecule has 25 heavy (non-hydrogen) atoms. The summed E-state index contributed by atoms with van der Waals surface area (Å²) in [5.41, 5.74) is 1.94. The molecule has 3 aromatic rings. The Morgan fingerprint density at radius 3 is 2.68 bits per heavy atom. The van der Waals surface area contributed by atoms with Crippen LogP contribution in [0.1, 0.15) is 34.7 Å². The Morgan fingerprint density at radius 1 is 1.24 bits per heavy atom. The molecule has 6 nitrogen and oxygen atoms in total. The molecule has 0 saturated carbocycles. The van der Waals surface area contributed by atoms with Crippen molar-refractivity contribution in [1.29, 1.82) is 0 Å². The maximum Gasteiger partial charge on any atom is 0.276 e. The molecule has 0 saturated heterocycles. The van der Waals surface area contributed by atoms with Crippen molar-refractivity contribution in [3.8, 4) is 0 Å². The van der Waals surface area contributed by atoms with E-state index in [0.29, 0.717) is 6.54 Å². The molecule has 128 valence electrons. The zero-order valence-corrected chi connectivity index (χ0v) is 14.0. The third kappa shape index (κ3) is 3.88. The first-order valence-corrected chi connectivity index (χ1v) is 7.87. The number of amides is 1. The number of hydrogen-bond acceptors (Lipinski definition) is 4. The van der Waals surface area contributed by atoms with Crippen LogP contribution in [0.4, 0.5) is 4.39 Å². The summed E-state index contributed by atoms with van der Waals surface area (Å²) in [5, 5.41) is 7.93. The standard InChI is InChI=1S/C18H18FN5O/c1-13(16-5-3-4-10-20-16)23(2)18(25)17-12-24(22-21-17)11-14-6-8-15(19)9-7-14/h3-10,12-13H,11H2,1-2H3. The summed E-state index contributed by atoms with van der Waals surface area (Å²) >= 11 is 0. The molecule has 0 bridgehead atoms. The van der Waals surface area contributed by atoms with Gasteiger partial charge in [0.25, 0.3) is 5.91 Å². The fourth-order valence-corrected chi connectivity index (χ4v) is 2.43. The van der Waals surface area contributed by atoms with Crippen molar-refractivity contribution < 1.29 is 9.18 Å². The van der Waals surface area contributed by atoms with Gasteiger partial charge >= 0.3 is 0 Å². The van der Waals surface area contributed by atoms with Crippen molar-refractivity contribution in [2.75, 3.05) is 7.05 Å². The summed E-state index contributed by atoms with van der Waals surface area (Å²) in [5.74, 6) is -0.521. The lowest BCUT2D eigenvalue weighted by atomic mass is 10.2. The minimum atomic E-state index is -0.289. The van der Waals surface area contributed by atoms with Crippen molar-refractivity contribution in [2.45, 2.75) is 19.5 Å². The third-order valence-electron chi connectivity index (χ3n) is 4.03. The molecule has 1 atom stereocenters. The second-order valence-corrected chi connectivity index (χ2v) is 5.77. The van der Waals surface area contributed by atoms with E-state index in [9.17, 15) is 9.18 Å². The highest BCUT2D eigenvalue weighted by Gasteiger charge is 2.22. The summed E-state index contributed by atoms with van der Waals surface area (Å²) in [6.07, 6.45) is 3.29. The number of hydrogen-bond donors (Lipinski definition) is 0. The van der Waals surface area contributed by atoms with Crippen LogP contribution in [0.5, 0.6) is 0 Å². The van der Waals surface area contributed by atoms with Gasteiger partial charge in [-0.3, -0.25) is 9.78 Å². The van der Waals surface area contributed by atoms with E-state index in [2.05, 4.69) is 15.3 Å². The minimum Gasteiger partial charge on any atom is -0.332 e. The van der Waals surface area contributed by atoms with E-state index < -0.39 is 0 Å². The molecule has 0 aliphatic carbocycles. The van der Waals surface area contributed by atoms with Crippen molar-refractivity contribution in [1.82, 2.24) is 24.9 Å². The summed E-state index contributed by atoms with van der Waals surface area (Å²) in [6.45, 7) is 2.32. The summed E-state index contributed by atoms with van der Waals surface area (Å²) in [7, 11) is 1.71. The predicted molar refractivity (Wildman–Crippen MR) is 90.3 cm³/mol. The monoisotopic (exact) mass is 339 g/mol. The van der Waals surface area contributed by atoms with Gasteiger partial charge in [-0.25, -0.2) is 9.07 Å². The highest BCUT2D eigenvalue weighted by atomic mass is 19.1. The second-order valence-electron chi connectivity index (χ2n) is 5.77. The van der Waals surface area contributed by atoms with Crippen molar-refractivity contribution in [3.63, 3.8) is 0 Å². The number of rotatable bonds is 5. The molecule has 7 heteroatoms.